The van der Waals surface area contributed by atoms with Crippen molar-refractivity contribution in [2.24, 2.45) is 0 Å². The molecule has 0 saturated carbocycles. The lowest BCUT2D eigenvalue weighted by molar-refractivity contribution is -0.122. The third-order valence-corrected chi connectivity index (χ3v) is 3.63. The Bertz CT molecular complexity index is 776. The zero-order valence-electron chi connectivity index (χ0n) is 13.8. The van der Waals surface area contributed by atoms with E-state index in [0.29, 0.717) is 11.5 Å². The lowest BCUT2D eigenvalue weighted by Crippen LogP contribution is -2.38. The summed E-state index contributed by atoms with van der Waals surface area (Å²) in [5, 5.41) is 7.06. The summed E-state index contributed by atoms with van der Waals surface area (Å²) in [6.07, 6.45) is 0.809. The van der Waals surface area contributed by atoms with Gasteiger partial charge in [0.25, 0.3) is 5.56 Å². The maximum absolute atomic E-state index is 12.1. The van der Waals surface area contributed by atoms with Crippen molar-refractivity contribution < 1.29 is 9.21 Å². The van der Waals surface area contributed by atoms with E-state index in [9.17, 15) is 9.59 Å². The third kappa shape index (κ3) is 3.80. The summed E-state index contributed by atoms with van der Waals surface area (Å²) >= 11 is 0. The number of hydrogen-bond donors (Lipinski definition) is 2. The number of amides is 1. The van der Waals surface area contributed by atoms with Crippen molar-refractivity contribution in [1.29, 1.82) is 0 Å². The largest absolute Gasteiger partial charge is 0.466 e. The average Bonchev–Trinajstić information content (AvgIpc) is 2.82. The Morgan fingerprint density at radius 3 is 2.70 bits per heavy atom. The minimum Gasteiger partial charge on any atom is -0.466 e. The van der Waals surface area contributed by atoms with Gasteiger partial charge in [0.15, 0.2) is 0 Å². The fraction of sp³-hybridized carbons (Fsp3) is 0.438. The van der Waals surface area contributed by atoms with E-state index in [1.165, 1.54) is 6.07 Å². The molecule has 0 aliphatic carbocycles. The first-order valence-corrected chi connectivity index (χ1v) is 7.56. The molecule has 1 amide bonds. The number of aryl methyl sites for hydroxylation is 2. The molecule has 2 rings (SSSR count). The van der Waals surface area contributed by atoms with Gasteiger partial charge < -0.3 is 15.5 Å². The molecule has 2 aromatic rings. The van der Waals surface area contributed by atoms with Gasteiger partial charge in [-0.05, 0) is 39.3 Å². The quantitative estimate of drug-likeness (QED) is 0.872. The molecule has 2 heterocycles. The van der Waals surface area contributed by atoms with E-state index in [4.69, 9.17) is 10.2 Å². The summed E-state index contributed by atoms with van der Waals surface area (Å²) in [5.41, 5.74) is 6.61. The van der Waals surface area contributed by atoms with E-state index in [2.05, 4.69) is 10.4 Å². The molecule has 0 aliphatic heterocycles. The van der Waals surface area contributed by atoms with Crippen LogP contribution in [-0.2, 0) is 11.3 Å². The minimum absolute atomic E-state index is 0.0394. The maximum atomic E-state index is 12.1. The van der Waals surface area contributed by atoms with Crippen LogP contribution in [0.3, 0.4) is 0 Å². The molecule has 23 heavy (non-hydrogen) atoms. The van der Waals surface area contributed by atoms with Gasteiger partial charge in [-0.25, -0.2) is 4.68 Å². The zero-order chi connectivity index (χ0) is 17.1. The van der Waals surface area contributed by atoms with Crippen LogP contribution in [0.5, 0.6) is 0 Å². The van der Waals surface area contributed by atoms with Crippen LogP contribution >= 0.6 is 0 Å². The van der Waals surface area contributed by atoms with Gasteiger partial charge in [-0.3, -0.25) is 9.59 Å². The molecule has 0 spiro atoms. The van der Waals surface area contributed by atoms with Gasteiger partial charge in [0, 0.05) is 11.6 Å². The molecule has 0 fully saturated rings. The Balaban J connectivity index is 2.35. The second-order valence-electron chi connectivity index (χ2n) is 5.65. The van der Waals surface area contributed by atoms with E-state index in [-0.39, 0.29) is 24.2 Å². The van der Waals surface area contributed by atoms with Crippen molar-refractivity contribution in [1.82, 2.24) is 15.1 Å². The topological polar surface area (TPSA) is 103 Å². The van der Waals surface area contributed by atoms with Gasteiger partial charge in [-0.2, -0.15) is 5.10 Å². The van der Waals surface area contributed by atoms with E-state index < -0.39 is 5.56 Å². The van der Waals surface area contributed by atoms with Crippen LogP contribution in [0, 0.1) is 13.8 Å². The molecule has 2 aromatic heterocycles. The summed E-state index contributed by atoms with van der Waals surface area (Å²) in [4.78, 5) is 24.1. The van der Waals surface area contributed by atoms with Crippen LogP contribution in [0.25, 0.3) is 11.3 Å². The Morgan fingerprint density at radius 1 is 1.43 bits per heavy atom. The van der Waals surface area contributed by atoms with Gasteiger partial charge in [0.2, 0.25) is 5.91 Å². The monoisotopic (exact) mass is 318 g/mol. The predicted molar refractivity (Wildman–Crippen MR) is 88.0 cm³/mol. The lowest BCUT2D eigenvalue weighted by Gasteiger charge is -2.12. The normalized spacial score (nSPS) is 12.2. The zero-order valence-corrected chi connectivity index (χ0v) is 13.8. The Hall–Kier alpha value is -2.57. The molecular formula is C16H22N4O3. The van der Waals surface area contributed by atoms with Crippen molar-refractivity contribution in [3.63, 3.8) is 0 Å². The van der Waals surface area contributed by atoms with Gasteiger partial charge in [0.1, 0.15) is 23.8 Å². The molecule has 3 N–H and O–H groups in total. The van der Waals surface area contributed by atoms with Crippen LogP contribution in [-0.4, -0.2) is 21.7 Å². The number of nitrogen functional groups attached to an aromatic ring is 1. The Kier molecular flexibility index (Phi) is 4.88. The SMILES string of the molecule is CCC(C)NC(=O)Cn1nc(-c2cc(C)oc2C)cc(N)c1=O. The summed E-state index contributed by atoms with van der Waals surface area (Å²) < 4.78 is 6.57. The lowest BCUT2D eigenvalue weighted by atomic mass is 10.1. The van der Waals surface area contributed by atoms with Gasteiger partial charge in [-0.1, -0.05) is 6.92 Å². The highest BCUT2D eigenvalue weighted by Crippen LogP contribution is 2.24. The van der Waals surface area contributed by atoms with Crippen LogP contribution in [0.2, 0.25) is 0 Å². The van der Waals surface area contributed by atoms with E-state index in [1.807, 2.05) is 33.8 Å². The number of nitrogens with two attached hydrogens (primary N) is 1. The number of nitrogens with one attached hydrogen (secondary N) is 1. The molecule has 124 valence electrons. The molecule has 0 radical (unpaired) electrons. The van der Waals surface area contributed by atoms with E-state index in [0.717, 1.165) is 22.4 Å². The fourth-order valence-corrected chi connectivity index (χ4v) is 2.24. The molecule has 1 atom stereocenters. The summed E-state index contributed by atoms with van der Waals surface area (Å²) in [7, 11) is 0. The van der Waals surface area contributed by atoms with Gasteiger partial charge in [0.05, 0.1) is 5.69 Å². The van der Waals surface area contributed by atoms with Crippen LogP contribution < -0.4 is 16.6 Å². The van der Waals surface area contributed by atoms with Crippen LogP contribution in [0.4, 0.5) is 5.69 Å². The van der Waals surface area contributed by atoms with E-state index >= 15 is 0 Å². The molecule has 7 heteroatoms. The number of anilines is 1. The first kappa shape index (κ1) is 16.8. The van der Waals surface area contributed by atoms with Crippen molar-refractivity contribution in [2.45, 2.75) is 46.7 Å². The summed E-state index contributed by atoms with van der Waals surface area (Å²) in [5.74, 6) is 1.15. The second-order valence-corrected chi connectivity index (χ2v) is 5.65. The number of rotatable bonds is 5. The molecule has 7 nitrogen and oxygen atoms in total. The first-order valence-electron chi connectivity index (χ1n) is 7.56. The standard InChI is InChI=1S/C16H22N4O3/c1-5-9(2)18-15(21)8-20-16(22)13(17)7-14(19-20)12-6-10(3)23-11(12)4/h6-7,9H,5,8,17H2,1-4H3,(H,18,21). The first-order chi connectivity index (χ1) is 10.8. The highest BCUT2D eigenvalue weighted by atomic mass is 16.3. The smallest absolute Gasteiger partial charge is 0.290 e. The number of furan rings is 1. The molecule has 1 unspecified atom stereocenters. The molecule has 0 aliphatic rings. The highest BCUT2D eigenvalue weighted by Gasteiger charge is 2.15. The summed E-state index contributed by atoms with van der Waals surface area (Å²) in [6.45, 7) is 7.34. The number of nitrogens with zero attached hydrogens (tertiary/aromatic N) is 2. The van der Waals surface area contributed by atoms with Crippen LogP contribution in [0.15, 0.2) is 21.3 Å². The molecule has 0 aromatic carbocycles. The Labute approximate surface area is 134 Å². The Morgan fingerprint density at radius 2 is 2.13 bits per heavy atom. The molecule has 0 bridgehead atoms. The predicted octanol–water partition coefficient (Wildman–Crippen LogP) is 1.62. The second kappa shape index (κ2) is 6.68. The number of aromatic nitrogens is 2. The highest BCUT2D eigenvalue weighted by molar-refractivity contribution is 5.76. The van der Waals surface area contributed by atoms with Crippen LogP contribution in [0.1, 0.15) is 31.8 Å². The maximum Gasteiger partial charge on any atom is 0.290 e. The molecular weight excluding hydrogens is 296 g/mol. The van der Waals surface area contributed by atoms with E-state index in [1.54, 1.807) is 0 Å². The minimum atomic E-state index is -0.481. The van der Waals surface area contributed by atoms with Crippen molar-refractivity contribution in [3.05, 3.63) is 34.0 Å². The molecule has 0 saturated heterocycles. The van der Waals surface area contributed by atoms with Gasteiger partial charge >= 0.3 is 0 Å². The number of hydrogen-bond acceptors (Lipinski definition) is 5. The fourth-order valence-electron chi connectivity index (χ4n) is 2.24. The van der Waals surface area contributed by atoms with Crippen molar-refractivity contribution >= 4 is 11.6 Å². The number of carbonyl (C=O) groups is 1. The van der Waals surface area contributed by atoms with Crippen molar-refractivity contribution in [3.8, 4) is 11.3 Å². The average molecular weight is 318 g/mol. The number of carbonyl (C=O) groups excluding carboxylic acids is 1. The third-order valence-electron chi connectivity index (χ3n) is 3.63. The summed E-state index contributed by atoms with van der Waals surface area (Å²) in [6, 6.07) is 3.37. The van der Waals surface area contributed by atoms with Crippen molar-refractivity contribution in [2.75, 3.05) is 5.73 Å². The van der Waals surface area contributed by atoms with Gasteiger partial charge in [-0.15, -0.1) is 0 Å².